The Morgan fingerprint density at radius 2 is 1.96 bits per heavy atom. The van der Waals surface area contributed by atoms with Gasteiger partial charge < -0.3 is 20.3 Å². The van der Waals surface area contributed by atoms with Crippen molar-refractivity contribution in [2.75, 3.05) is 63.9 Å². The van der Waals surface area contributed by atoms with Gasteiger partial charge in [0.15, 0.2) is 0 Å². The van der Waals surface area contributed by atoms with E-state index in [1.54, 1.807) is 0 Å². The molecule has 1 saturated carbocycles. The van der Waals surface area contributed by atoms with Gasteiger partial charge in [-0.1, -0.05) is 6.42 Å². The highest BCUT2D eigenvalue weighted by Gasteiger charge is 2.34. The Labute approximate surface area is 168 Å². The molecule has 0 amide bonds. The van der Waals surface area contributed by atoms with Gasteiger partial charge in [-0.15, -0.1) is 12.4 Å². The minimum Gasteiger partial charge on any atom is -0.379 e. The SMILES string of the molecule is Cl.c1cnc(N2CCN(CCNC3CCCC3C3COCCN3)CC2)nc1. The molecule has 8 heteroatoms. The van der Waals surface area contributed by atoms with Crippen LogP contribution in [0.15, 0.2) is 18.5 Å². The summed E-state index contributed by atoms with van der Waals surface area (Å²) in [6, 6.07) is 3.06. The minimum atomic E-state index is 0. The summed E-state index contributed by atoms with van der Waals surface area (Å²) >= 11 is 0. The zero-order chi connectivity index (χ0) is 17.6. The van der Waals surface area contributed by atoms with Gasteiger partial charge in [0.1, 0.15) is 0 Å². The van der Waals surface area contributed by atoms with E-state index in [0.717, 1.165) is 70.9 Å². The average Bonchev–Trinajstić information content (AvgIpc) is 3.18. The monoisotopic (exact) mass is 396 g/mol. The Kier molecular flexibility index (Phi) is 8.08. The summed E-state index contributed by atoms with van der Waals surface area (Å²) in [5.41, 5.74) is 0. The third-order valence-corrected chi connectivity index (χ3v) is 6.08. The zero-order valence-electron chi connectivity index (χ0n) is 16.1. The Balaban J connectivity index is 0.00000210. The van der Waals surface area contributed by atoms with E-state index in [2.05, 4.69) is 30.4 Å². The van der Waals surface area contributed by atoms with Gasteiger partial charge in [0.2, 0.25) is 5.95 Å². The highest BCUT2D eigenvalue weighted by Crippen LogP contribution is 2.29. The van der Waals surface area contributed by atoms with Crippen LogP contribution in [0, 0.1) is 5.92 Å². The van der Waals surface area contributed by atoms with Crippen molar-refractivity contribution in [1.82, 2.24) is 25.5 Å². The van der Waals surface area contributed by atoms with Gasteiger partial charge in [-0.2, -0.15) is 0 Å². The largest absolute Gasteiger partial charge is 0.379 e. The molecule has 1 aromatic rings. The fourth-order valence-electron chi connectivity index (χ4n) is 4.62. The molecule has 2 saturated heterocycles. The number of nitrogens with one attached hydrogen (secondary N) is 2. The smallest absolute Gasteiger partial charge is 0.225 e. The molecule has 0 aromatic carbocycles. The fourth-order valence-corrected chi connectivity index (χ4v) is 4.62. The summed E-state index contributed by atoms with van der Waals surface area (Å²) in [7, 11) is 0. The average molecular weight is 397 g/mol. The van der Waals surface area contributed by atoms with Gasteiger partial charge in [-0.25, -0.2) is 9.97 Å². The van der Waals surface area contributed by atoms with Gasteiger partial charge in [0.25, 0.3) is 0 Å². The fraction of sp³-hybridized carbons (Fsp3) is 0.789. The number of hydrogen-bond acceptors (Lipinski definition) is 7. The van der Waals surface area contributed by atoms with Crippen molar-refractivity contribution in [2.24, 2.45) is 5.92 Å². The van der Waals surface area contributed by atoms with Crippen LogP contribution in [0.25, 0.3) is 0 Å². The maximum Gasteiger partial charge on any atom is 0.225 e. The molecule has 3 atom stereocenters. The molecule has 1 aliphatic carbocycles. The molecule has 152 valence electrons. The minimum absolute atomic E-state index is 0. The van der Waals surface area contributed by atoms with Crippen LogP contribution in [0.5, 0.6) is 0 Å². The first-order valence-corrected chi connectivity index (χ1v) is 10.2. The van der Waals surface area contributed by atoms with E-state index in [0.29, 0.717) is 12.1 Å². The molecule has 0 bridgehead atoms. The second-order valence-corrected chi connectivity index (χ2v) is 7.67. The lowest BCUT2D eigenvalue weighted by Crippen LogP contribution is -2.52. The first kappa shape index (κ1) is 20.7. The molecule has 2 aliphatic heterocycles. The van der Waals surface area contributed by atoms with E-state index >= 15 is 0 Å². The second-order valence-electron chi connectivity index (χ2n) is 7.67. The highest BCUT2D eigenvalue weighted by molar-refractivity contribution is 5.85. The number of rotatable bonds is 6. The zero-order valence-corrected chi connectivity index (χ0v) is 16.9. The van der Waals surface area contributed by atoms with Crippen LogP contribution in [0.3, 0.4) is 0 Å². The van der Waals surface area contributed by atoms with Gasteiger partial charge in [-0.3, -0.25) is 4.90 Å². The van der Waals surface area contributed by atoms with E-state index in [-0.39, 0.29) is 12.4 Å². The summed E-state index contributed by atoms with van der Waals surface area (Å²) in [5.74, 6) is 1.59. The van der Waals surface area contributed by atoms with E-state index in [1.807, 2.05) is 18.5 Å². The van der Waals surface area contributed by atoms with Crippen molar-refractivity contribution >= 4 is 18.4 Å². The van der Waals surface area contributed by atoms with Gasteiger partial charge in [-0.05, 0) is 24.8 Å². The van der Waals surface area contributed by atoms with Gasteiger partial charge >= 0.3 is 0 Å². The Hall–Kier alpha value is -0.990. The molecule has 4 rings (SSSR count). The van der Waals surface area contributed by atoms with Crippen LogP contribution < -0.4 is 15.5 Å². The number of hydrogen-bond donors (Lipinski definition) is 2. The number of morpholine rings is 1. The lowest BCUT2D eigenvalue weighted by molar-refractivity contribution is 0.0523. The Morgan fingerprint density at radius 3 is 2.70 bits per heavy atom. The quantitative estimate of drug-likeness (QED) is 0.736. The molecule has 0 spiro atoms. The number of anilines is 1. The van der Waals surface area contributed by atoms with Crippen LogP contribution in [0.2, 0.25) is 0 Å². The van der Waals surface area contributed by atoms with Crippen LogP contribution in [-0.2, 0) is 4.74 Å². The van der Waals surface area contributed by atoms with E-state index in [9.17, 15) is 0 Å². The third-order valence-electron chi connectivity index (χ3n) is 6.08. The van der Waals surface area contributed by atoms with Crippen LogP contribution >= 0.6 is 12.4 Å². The Bertz CT molecular complexity index is 536. The number of aromatic nitrogens is 2. The lowest BCUT2D eigenvalue weighted by atomic mass is 9.94. The van der Waals surface area contributed by atoms with Crippen molar-refractivity contribution < 1.29 is 4.74 Å². The number of ether oxygens (including phenoxy) is 1. The number of nitrogens with zero attached hydrogens (tertiary/aromatic N) is 4. The van der Waals surface area contributed by atoms with Crippen molar-refractivity contribution in [3.05, 3.63) is 18.5 Å². The molecular weight excluding hydrogens is 364 g/mol. The summed E-state index contributed by atoms with van der Waals surface area (Å²) in [5, 5.41) is 7.50. The van der Waals surface area contributed by atoms with E-state index < -0.39 is 0 Å². The molecule has 3 fully saturated rings. The van der Waals surface area contributed by atoms with Gasteiger partial charge in [0.05, 0.1) is 13.2 Å². The topological polar surface area (TPSA) is 65.6 Å². The maximum atomic E-state index is 5.68. The molecule has 0 radical (unpaired) electrons. The number of halogens is 1. The molecule has 2 N–H and O–H groups in total. The molecule has 27 heavy (non-hydrogen) atoms. The normalized spacial score (nSPS) is 29.5. The predicted molar refractivity (Wildman–Crippen MR) is 110 cm³/mol. The van der Waals surface area contributed by atoms with Gasteiger partial charge in [0, 0.05) is 70.3 Å². The molecule has 7 nitrogen and oxygen atoms in total. The van der Waals surface area contributed by atoms with Crippen molar-refractivity contribution in [1.29, 1.82) is 0 Å². The second kappa shape index (κ2) is 10.5. The van der Waals surface area contributed by atoms with E-state index in [4.69, 9.17) is 4.74 Å². The standard InChI is InChI=1S/C19H32N6O.ClH/c1-3-16(18-15-26-14-8-21-18)17(4-1)20-7-9-24-10-12-25(13-11-24)19-22-5-2-6-23-19;/h2,5-6,16-18,20-21H,1,3-4,7-15H2;1H. The summed E-state index contributed by atoms with van der Waals surface area (Å²) < 4.78 is 5.68. The molecule has 3 aliphatic rings. The third kappa shape index (κ3) is 5.51. The summed E-state index contributed by atoms with van der Waals surface area (Å²) in [4.78, 5) is 13.6. The number of piperazine rings is 1. The maximum absolute atomic E-state index is 5.68. The first-order valence-electron chi connectivity index (χ1n) is 10.2. The summed E-state index contributed by atoms with van der Waals surface area (Å²) in [6.07, 6.45) is 7.62. The van der Waals surface area contributed by atoms with Crippen LogP contribution in [0.1, 0.15) is 19.3 Å². The van der Waals surface area contributed by atoms with Crippen LogP contribution in [0.4, 0.5) is 5.95 Å². The Morgan fingerprint density at radius 1 is 1.15 bits per heavy atom. The van der Waals surface area contributed by atoms with Crippen molar-refractivity contribution in [3.63, 3.8) is 0 Å². The molecule has 3 unspecified atom stereocenters. The van der Waals surface area contributed by atoms with E-state index in [1.165, 1.54) is 19.3 Å². The molecule has 3 heterocycles. The predicted octanol–water partition coefficient (Wildman–Crippen LogP) is 0.767. The first-order chi connectivity index (χ1) is 12.9. The lowest BCUT2D eigenvalue weighted by Gasteiger charge is -2.36. The molecular formula is C19H33ClN6O. The molecule has 1 aromatic heterocycles. The van der Waals surface area contributed by atoms with Crippen molar-refractivity contribution in [3.8, 4) is 0 Å². The van der Waals surface area contributed by atoms with Crippen molar-refractivity contribution in [2.45, 2.75) is 31.3 Å². The summed E-state index contributed by atoms with van der Waals surface area (Å²) in [6.45, 7) is 9.16. The van der Waals surface area contributed by atoms with Crippen LogP contribution in [-0.4, -0.2) is 86.0 Å². The highest BCUT2D eigenvalue weighted by atomic mass is 35.5.